The van der Waals surface area contributed by atoms with Crippen LogP contribution in [0, 0.1) is 40.4 Å². The first-order valence-corrected chi connectivity index (χ1v) is 18.3. The Kier molecular flexibility index (Phi) is 8.75. The van der Waals surface area contributed by atoms with Crippen LogP contribution in [0.3, 0.4) is 0 Å². The van der Waals surface area contributed by atoms with Gasteiger partial charge in [0.15, 0.2) is 0 Å². The van der Waals surface area contributed by atoms with Gasteiger partial charge in [-0.15, -0.1) is 0 Å². The summed E-state index contributed by atoms with van der Waals surface area (Å²) < 4.78 is 20.4. The molecule has 2 aromatic rings. The largest absolute Gasteiger partial charge is 0.390 e. The average molecular weight is 631 g/mol. The maximum atomic E-state index is 12.3. The van der Waals surface area contributed by atoms with Crippen molar-refractivity contribution in [1.82, 2.24) is 0 Å². The number of rotatable bonds is 9. The topological polar surface area (TPSA) is 68.2 Å². The standard InChI is InChI=1S/C41H58O5/c1-38(2,42)20-19-35-41(5,43)37-33(46-35)23-32-31-17-16-29-22-30(44-25-27-12-8-6-9-13-27)18-21-39(29,3)36(31)34(24-40(32,37)4)45-26-28-14-10-7-11-15-28/h6-15,29-37,42-43H,16-26H2,1-5H3/t29-,30+,31-,32-,33-,34-,35-,36+,37-,39-,40-,41-/m0/s1. The highest BCUT2D eigenvalue weighted by Crippen LogP contribution is 2.71. The summed E-state index contributed by atoms with van der Waals surface area (Å²) in [6, 6.07) is 21.3. The van der Waals surface area contributed by atoms with Crippen LogP contribution in [-0.4, -0.2) is 45.8 Å². The van der Waals surface area contributed by atoms with E-state index in [4.69, 9.17) is 14.2 Å². The van der Waals surface area contributed by atoms with Crippen molar-refractivity contribution in [3.05, 3.63) is 71.8 Å². The van der Waals surface area contributed by atoms with Crippen LogP contribution < -0.4 is 0 Å². The maximum Gasteiger partial charge on any atom is 0.0938 e. The number of ether oxygens (including phenoxy) is 3. The van der Waals surface area contributed by atoms with E-state index in [9.17, 15) is 10.2 Å². The lowest BCUT2D eigenvalue weighted by molar-refractivity contribution is -0.209. The highest BCUT2D eigenvalue weighted by Gasteiger charge is 2.71. The summed E-state index contributed by atoms with van der Waals surface area (Å²) in [6.45, 7) is 12.1. The zero-order chi connectivity index (χ0) is 32.3. The molecule has 252 valence electrons. The Morgan fingerprint density at radius 2 is 1.50 bits per heavy atom. The van der Waals surface area contributed by atoms with E-state index in [2.05, 4.69) is 74.5 Å². The molecule has 46 heavy (non-hydrogen) atoms. The van der Waals surface area contributed by atoms with Crippen molar-refractivity contribution in [2.45, 2.75) is 141 Å². The lowest BCUT2D eigenvalue weighted by Crippen LogP contribution is -2.61. The van der Waals surface area contributed by atoms with Crippen LogP contribution in [0.4, 0.5) is 0 Å². The van der Waals surface area contributed by atoms with Gasteiger partial charge in [0.05, 0.1) is 48.8 Å². The van der Waals surface area contributed by atoms with Crippen molar-refractivity contribution in [1.29, 1.82) is 0 Å². The van der Waals surface area contributed by atoms with Gasteiger partial charge in [-0.3, -0.25) is 0 Å². The van der Waals surface area contributed by atoms with Gasteiger partial charge in [-0.2, -0.15) is 0 Å². The van der Waals surface area contributed by atoms with Crippen molar-refractivity contribution in [2.24, 2.45) is 40.4 Å². The van der Waals surface area contributed by atoms with Gasteiger partial charge in [-0.1, -0.05) is 74.5 Å². The fourth-order valence-corrected chi connectivity index (χ4v) is 11.7. The van der Waals surface area contributed by atoms with Gasteiger partial charge in [0.25, 0.3) is 0 Å². The normalized spacial score (nSPS) is 43.4. The Bertz CT molecular complexity index is 1320. The Balaban J connectivity index is 1.14. The summed E-state index contributed by atoms with van der Waals surface area (Å²) in [4.78, 5) is 0. The second kappa shape index (κ2) is 12.3. The van der Waals surface area contributed by atoms with E-state index >= 15 is 0 Å². The highest BCUT2D eigenvalue weighted by atomic mass is 16.5. The molecule has 5 fully saturated rings. The van der Waals surface area contributed by atoms with Crippen LogP contribution in [0.2, 0.25) is 0 Å². The maximum absolute atomic E-state index is 12.3. The summed E-state index contributed by atoms with van der Waals surface area (Å²) in [5.41, 5.74) is 0.957. The molecule has 5 aliphatic rings. The first kappa shape index (κ1) is 32.8. The van der Waals surface area contributed by atoms with E-state index in [1.807, 2.05) is 20.8 Å². The minimum absolute atomic E-state index is 0.0562. The van der Waals surface area contributed by atoms with Gasteiger partial charge >= 0.3 is 0 Å². The predicted molar refractivity (Wildman–Crippen MR) is 181 cm³/mol. The molecule has 5 nitrogen and oxygen atoms in total. The van der Waals surface area contributed by atoms with Crippen molar-refractivity contribution >= 4 is 0 Å². The molecule has 12 atom stereocenters. The van der Waals surface area contributed by atoms with Gasteiger partial charge in [0.1, 0.15) is 0 Å². The molecule has 0 aromatic heterocycles. The third-order valence-electron chi connectivity index (χ3n) is 13.8. The zero-order valence-electron chi connectivity index (χ0n) is 28.9. The summed E-state index contributed by atoms with van der Waals surface area (Å²) in [7, 11) is 0. The van der Waals surface area contributed by atoms with E-state index in [1.165, 1.54) is 30.4 Å². The van der Waals surface area contributed by atoms with Crippen LogP contribution in [0.1, 0.15) is 104 Å². The van der Waals surface area contributed by atoms with Gasteiger partial charge in [0, 0.05) is 5.92 Å². The minimum Gasteiger partial charge on any atom is -0.390 e. The fourth-order valence-electron chi connectivity index (χ4n) is 11.7. The first-order chi connectivity index (χ1) is 21.9. The van der Waals surface area contributed by atoms with E-state index in [0.717, 1.165) is 25.7 Å². The second-order valence-electron chi connectivity index (χ2n) is 17.3. The summed E-state index contributed by atoms with van der Waals surface area (Å²) >= 11 is 0. The number of benzene rings is 2. The Morgan fingerprint density at radius 1 is 0.848 bits per heavy atom. The zero-order valence-corrected chi connectivity index (χ0v) is 28.9. The molecule has 0 bridgehead atoms. The third-order valence-corrected chi connectivity index (χ3v) is 13.8. The van der Waals surface area contributed by atoms with Gasteiger partial charge < -0.3 is 24.4 Å². The van der Waals surface area contributed by atoms with Crippen LogP contribution in [0.15, 0.2) is 60.7 Å². The van der Waals surface area contributed by atoms with Gasteiger partial charge in [0.2, 0.25) is 0 Å². The molecule has 0 spiro atoms. The molecular formula is C41H58O5. The highest BCUT2D eigenvalue weighted by molar-refractivity contribution is 5.20. The van der Waals surface area contributed by atoms with E-state index in [-0.39, 0.29) is 35.1 Å². The SMILES string of the molecule is CC(C)(O)CC[C@@H]1O[C@H]2C[C@H]3[C@@H]4CC[C@H]5C[C@H](OCc6ccccc6)CC[C@]5(C)[C@H]4[C@@H](OCc4ccccc4)C[C@]3(C)[C@H]2[C@@]1(C)O. The van der Waals surface area contributed by atoms with Crippen LogP contribution in [0.25, 0.3) is 0 Å². The van der Waals surface area contributed by atoms with Crippen molar-refractivity contribution < 1.29 is 24.4 Å². The molecular weight excluding hydrogens is 572 g/mol. The van der Waals surface area contributed by atoms with Crippen molar-refractivity contribution in [2.75, 3.05) is 0 Å². The molecule has 2 N–H and O–H groups in total. The molecule has 1 saturated heterocycles. The molecule has 4 saturated carbocycles. The monoisotopic (exact) mass is 630 g/mol. The number of hydrogen-bond donors (Lipinski definition) is 2. The van der Waals surface area contributed by atoms with Crippen LogP contribution in [-0.2, 0) is 27.4 Å². The molecule has 7 rings (SSSR count). The molecule has 1 heterocycles. The number of aliphatic hydroxyl groups is 2. The lowest BCUT2D eigenvalue weighted by Gasteiger charge is -2.63. The molecule has 0 unspecified atom stereocenters. The molecule has 4 aliphatic carbocycles. The lowest BCUT2D eigenvalue weighted by atomic mass is 9.43. The summed E-state index contributed by atoms with van der Waals surface area (Å²) in [5.74, 6) is 2.31. The Labute approximate surface area is 277 Å². The average Bonchev–Trinajstić information content (AvgIpc) is 3.47. The molecule has 2 aromatic carbocycles. The Morgan fingerprint density at radius 3 is 2.15 bits per heavy atom. The summed E-state index contributed by atoms with van der Waals surface area (Å²) in [5, 5.41) is 22.7. The number of fused-ring (bicyclic) bond motifs is 7. The smallest absolute Gasteiger partial charge is 0.0938 e. The molecule has 0 amide bonds. The van der Waals surface area contributed by atoms with Crippen LogP contribution in [0.5, 0.6) is 0 Å². The Hall–Kier alpha value is -1.76. The van der Waals surface area contributed by atoms with Crippen LogP contribution >= 0.6 is 0 Å². The molecule has 0 radical (unpaired) electrons. The summed E-state index contributed by atoms with van der Waals surface area (Å²) in [6.07, 6.45) is 9.52. The van der Waals surface area contributed by atoms with Gasteiger partial charge in [-0.05, 0) is 124 Å². The van der Waals surface area contributed by atoms with Gasteiger partial charge in [-0.25, -0.2) is 0 Å². The first-order valence-electron chi connectivity index (χ1n) is 18.3. The minimum atomic E-state index is -0.925. The quantitative estimate of drug-likeness (QED) is 0.293. The molecule has 1 aliphatic heterocycles. The second-order valence-corrected chi connectivity index (χ2v) is 17.3. The van der Waals surface area contributed by atoms with E-state index in [0.29, 0.717) is 55.8 Å². The fraction of sp³-hybridized carbons (Fsp3) is 0.707. The predicted octanol–water partition coefficient (Wildman–Crippen LogP) is 8.11. The van der Waals surface area contributed by atoms with E-state index < -0.39 is 11.2 Å². The van der Waals surface area contributed by atoms with Crippen molar-refractivity contribution in [3.63, 3.8) is 0 Å². The van der Waals surface area contributed by atoms with E-state index in [1.54, 1.807) is 0 Å². The third kappa shape index (κ3) is 5.91. The molecule has 5 heteroatoms. The number of hydrogen-bond acceptors (Lipinski definition) is 5. The van der Waals surface area contributed by atoms with Crippen molar-refractivity contribution in [3.8, 4) is 0 Å².